The number of phosphoric ester groups is 2. The Kier molecular flexibility index (Phi) is 59.0. The number of aliphatic hydroxyl groups excluding tert-OH is 1. The Bertz CT molecular complexity index is 1700. The summed E-state index contributed by atoms with van der Waals surface area (Å²) in [6.45, 7) is 9.46. The van der Waals surface area contributed by atoms with Gasteiger partial charge in [-0.3, -0.25) is 37.3 Å². The van der Waals surface area contributed by atoms with E-state index in [4.69, 9.17) is 37.0 Å². The summed E-state index contributed by atoms with van der Waals surface area (Å²) in [4.78, 5) is 72.3. The molecule has 0 spiro atoms. The maximum Gasteiger partial charge on any atom is 0.472 e. The van der Waals surface area contributed by atoms with Gasteiger partial charge >= 0.3 is 39.5 Å². The molecule has 516 valence electrons. The molecule has 3 N–H and O–H groups in total. The zero-order valence-corrected chi connectivity index (χ0v) is 58.1. The van der Waals surface area contributed by atoms with Gasteiger partial charge in [-0.25, -0.2) is 9.13 Å². The zero-order valence-electron chi connectivity index (χ0n) is 56.3. The highest BCUT2D eigenvalue weighted by atomic mass is 31.2. The van der Waals surface area contributed by atoms with Gasteiger partial charge in [0.05, 0.1) is 26.4 Å². The van der Waals surface area contributed by atoms with Gasteiger partial charge in [0.25, 0.3) is 0 Å². The first-order chi connectivity index (χ1) is 41.9. The van der Waals surface area contributed by atoms with Gasteiger partial charge in [-0.2, -0.15) is 0 Å². The van der Waals surface area contributed by atoms with Crippen molar-refractivity contribution >= 4 is 39.5 Å². The lowest BCUT2D eigenvalue weighted by Crippen LogP contribution is -2.30. The highest BCUT2D eigenvalue weighted by molar-refractivity contribution is 7.47. The quantitative estimate of drug-likeness (QED) is 0.0222. The van der Waals surface area contributed by atoms with Gasteiger partial charge in [0.1, 0.15) is 19.3 Å². The van der Waals surface area contributed by atoms with Crippen LogP contribution in [0.2, 0.25) is 0 Å². The van der Waals surface area contributed by atoms with Gasteiger partial charge in [0.2, 0.25) is 0 Å². The van der Waals surface area contributed by atoms with E-state index < -0.39 is 97.5 Å². The largest absolute Gasteiger partial charge is 0.472 e. The Morgan fingerprint density at radius 1 is 0.310 bits per heavy atom. The first-order valence-corrected chi connectivity index (χ1v) is 38.5. The third-order valence-electron chi connectivity index (χ3n) is 15.7. The van der Waals surface area contributed by atoms with E-state index in [0.29, 0.717) is 31.6 Å². The summed E-state index contributed by atoms with van der Waals surface area (Å²) in [6, 6.07) is 0. The Morgan fingerprint density at radius 3 is 0.782 bits per heavy atom. The van der Waals surface area contributed by atoms with Crippen molar-refractivity contribution in [1.29, 1.82) is 0 Å². The number of hydrogen-bond donors (Lipinski definition) is 3. The molecule has 0 bridgehead atoms. The molecular formula is C68H132O17P2. The van der Waals surface area contributed by atoms with Crippen LogP contribution in [0.15, 0.2) is 0 Å². The monoisotopic (exact) mass is 1280 g/mol. The van der Waals surface area contributed by atoms with Gasteiger partial charge in [0.15, 0.2) is 12.2 Å². The van der Waals surface area contributed by atoms with Gasteiger partial charge in [0, 0.05) is 25.7 Å². The fraction of sp³-hybridized carbons (Fsp3) is 0.941. The van der Waals surface area contributed by atoms with Crippen LogP contribution in [0.3, 0.4) is 0 Å². The summed E-state index contributed by atoms with van der Waals surface area (Å²) >= 11 is 0. The fourth-order valence-corrected chi connectivity index (χ4v) is 11.8. The number of hydrogen-bond acceptors (Lipinski definition) is 15. The number of carbonyl (C=O) groups is 4. The van der Waals surface area contributed by atoms with Gasteiger partial charge in [-0.1, -0.05) is 292 Å². The molecule has 0 rings (SSSR count). The molecule has 5 atom stereocenters. The van der Waals surface area contributed by atoms with E-state index in [0.717, 1.165) is 102 Å². The summed E-state index contributed by atoms with van der Waals surface area (Å²) in [6.07, 6.45) is 44.6. The minimum Gasteiger partial charge on any atom is -0.462 e. The Hall–Kier alpha value is -1.94. The maximum atomic E-state index is 13.0. The van der Waals surface area contributed by atoms with Crippen LogP contribution in [-0.2, 0) is 65.4 Å². The molecule has 87 heavy (non-hydrogen) atoms. The molecule has 0 aromatic heterocycles. The Morgan fingerprint density at radius 2 is 0.529 bits per heavy atom. The predicted molar refractivity (Wildman–Crippen MR) is 349 cm³/mol. The lowest BCUT2D eigenvalue weighted by atomic mass is 10.0. The zero-order chi connectivity index (χ0) is 64.3. The highest BCUT2D eigenvalue weighted by Gasteiger charge is 2.30. The Balaban J connectivity index is 5.19. The van der Waals surface area contributed by atoms with Crippen molar-refractivity contribution in [2.24, 2.45) is 11.8 Å². The van der Waals surface area contributed by atoms with Gasteiger partial charge in [-0.15, -0.1) is 0 Å². The van der Waals surface area contributed by atoms with Crippen molar-refractivity contribution in [3.63, 3.8) is 0 Å². The molecule has 17 nitrogen and oxygen atoms in total. The van der Waals surface area contributed by atoms with Crippen LogP contribution in [0.1, 0.15) is 343 Å². The molecule has 0 amide bonds. The van der Waals surface area contributed by atoms with E-state index >= 15 is 0 Å². The van der Waals surface area contributed by atoms with Crippen LogP contribution in [-0.4, -0.2) is 96.7 Å². The summed E-state index contributed by atoms with van der Waals surface area (Å²) in [5, 5.41) is 10.6. The minimum atomic E-state index is -4.95. The standard InChI is InChI=1S/C68H132O17P2/c1-7-9-11-13-15-17-27-31-38-44-50-65(70)78-56-63(84-68(73)53-47-41-33-29-25-23-21-19-20-22-24-26-30-36-42-48-60(3)4)58-82-86(74,75)80-54-62(69)55-81-87(76,77)83-59-64(57-79-66(71)51-45-39-35-34-37-43-49-61(5)6)85-67(72)52-46-40-32-28-18-16-14-12-10-8-2/h60-64,69H,7-59H2,1-6H3,(H,74,75)(H,76,77)/t62-,63-,64-/m1/s1. The normalized spacial score (nSPS) is 14.2. The van der Waals surface area contributed by atoms with Crippen molar-refractivity contribution in [1.82, 2.24) is 0 Å². The molecule has 19 heteroatoms. The number of unbranched alkanes of at least 4 members (excludes halogenated alkanes) is 37. The molecule has 0 aromatic rings. The molecule has 0 aliphatic carbocycles. The van der Waals surface area contributed by atoms with Crippen molar-refractivity contribution in [2.45, 2.75) is 362 Å². The van der Waals surface area contributed by atoms with Crippen LogP contribution in [0.5, 0.6) is 0 Å². The average molecular weight is 1280 g/mol. The predicted octanol–water partition coefficient (Wildman–Crippen LogP) is 19.2. The number of aliphatic hydroxyl groups is 1. The molecule has 0 aromatic carbocycles. The number of esters is 4. The molecule has 0 radical (unpaired) electrons. The first kappa shape index (κ1) is 85.1. The first-order valence-electron chi connectivity index (χ1n) is 35.5. The summed E-state index contributed by atoms with van der Waals surface area (Å²) in [5.74, 6) is -0.647. The summed E-state index contributed by atoms with van der Waals surface area (Å²) in [5.41, 5.74) is 0. The topological polar surface area (TPSA) is 237 Å². The van der Waals surface area contributed by atoms with Crippen LogP contribution in [0.25, 0.3) is 0 Å². The SMILES string of the molecule is CCCCCCCCCCCCC(=O)OC[C@H](COP(=O)(O)OC[C@@H](O)COP(=O)(O)OC[C@@H](COC(=O)CCCCCCCCC(C)C)OC(=O)CCCCCCCCCCCC)OC(=O)CCCCCCCCCCCCCCCCCC(C)C. The van der Waals surface area contributed by atoms with Crippen LogP contribution in [0.4, 0.5) is 0 Å². The Labute approximate surface area is 530 Å². The number of rotatable bonds is 67. The molecule has 0 aliphatic rings. The number of ether oxygens (including phenoxy) is 4. The van der Waals surface area contributed by atoms with E-state index in [9.17, 15) is 43.2 Å². The van der Waals surface area contributed by atoms with Gasteiger partial charge in [-0.05, 0) is 37.5 Å². The molecule has 0 heterocycles. The second-order valence-corrected chi connectivity index (χ2v) is 28.4. The van der Waals surface area contributed by atoms with Crippen LogP contribution < -0.4 is 0 Å². The molecule has 2 unspecified atom stereocenters. The molecule has 0 saturated heterocycles. The van der Waals surface area contributed by atoms with Crippen molar-refractivity contribution in [2.75, 3.05) is 39.6 Å². The van der Waals surface area contributed by atoms with Gasteiger partial charge < -0.3 is 33.8 Å². The molecule has 0 saturated carbocycles. The number of phosphoric acid groups is 2. The van der Waals surface area contributed by atoms with E-state index in [1.807, 2.05) is 0 Å². The lowest BCUT2D eigenvalue weighted by Gasteiger charge is -2.21. The van der Waals surface area contributed by atoms with Crippen molar-refractivity contribution in [3.8, 4) is 0 Å². The van der Waals surface area contributed by atoms with Crippen LogP contribution in [0, 0.1) is 11.8 Å². The smallest absolute Gasteiger partial charge is 0.462 e. The average Bonchev–Trinajstić information content (AvgIpc) is 3.65. The summed E-state index contributed by atoms with van der Waals surface area (Å²) in [7, 11) is -9.89. The van der Waals surface area contributed by atoms with Crippen molar-refractivity contribution < 1.29 is 80.2 Å². The second-order valence-electron chi connectivity index (χ2n) is 25.5. The van der Waals surface area contributed by atoms with E-state index in [2.05, 4.69) is 41.5 Å². The number of carbonyl (C=O) groups excluding carboxylic acids is 4. The lowest BCUT2D eigenvalue weighted by molar-refractivity contribution is -0.161. The van der Waals surface area contributed by atoms with E-state index in [1.165, 1.54) is 154 Å². The highest BCUT2D eigenvalue weighted by Crippen LogP contribution is 2.45. The molecule has 0 aliphatic heterocycles. The van der Waals surface area contributed by atoms with Crippen LogP contribution >= 0.6 is 15.6 Å². The molecule has 0 fully saturated rings. The molecular weight excluding hydrogens is 1150 g/mol. The van der Waals surface area contributed by atoms with E-state index in [1.54, 1.807) is 0 Å². The third kappa shape index (κ3) is 62.6. The maximum absolute atomic E-state index is 13.0. The summed E-state index contributed by atoms with van der Waals surface area (Å²) < 4.78 is 68.1. The second kappa shape index (κ2) is 60.3. The third-order valence-corrected chi connectivity index (χ3v) is 17.6. The minimum absolute atomic E-state index is 0.105. The van der Waals surface area contributed by atoms with Crippen molar-refractivity contribution in [3.05, 3.63) is 0 Å². The fourth-order valence-electron chi connectivity index (χ4n) is 10.2. The van der Waals surface area contributed by atoms with E-state index in [-0.39, 0.29) is 25.7 Å².